The Hall–Kier alpha value is -2.04. The van der Waals surface area contributed by atoms with Crippen molar-refractivity contribution in [1.29, 1.82) is 0 Å². The standard InChI is InChI=1S/C9H7N5/c10-8-7-6(12-4-13-7)5-2-1-3-11-9(5)14-8/h1-2,4H,3H2,(H2,10,11,14). The first-order chi connectivity index (χ1) is 6.86. The van der Waals surface area contributed by atoms with Crippen LogP contribution in [0, 0.1) is 0 Å². The van der Waals surface area contributed by atoms with E-state index in [0.29, 0.717) is 23.2 Å². The Bertz CT molecular complexity index is 582. The van der Waals surface area contributed by atoms with Crippen LogP contribution in [0.5, 0.6) is 0 Å². The lowest BCUT2D eigenvalue weighted by molar-refractivity contribution is 1.03. The van der Waals surface area contributed by atoms with E-state index in [1.165, 1.54) is 6.34 Å². The lowest BCUT2D eigenvalue weighted by Gasteiger charge is -2.04. The first-order valence-electron chi connectivity index (χ1n) is 4.27. The molecule has 0 amide bonds. The second-order valence-corrected chi connectivity index (χ2v) is 3.05. The van der Waals surface area contributed by atoms with Crippen LogP contribution in [0.2, 0.25) is 0 Å². The van der Waals surface area contributed by atoms with E-state index < -0.39 is 0 Å². The minimum Gasteiger partial charge on any atom is -0.382 e. The van der Waals surface area contributed by atoms with Gasteiger partial charge in [-0.2, -0.15) is 0 Å². The molecule has 0 saturated carbocycles. The number of aromatic nitrogens is 1. The molecule has 0 spiro atoms. The molecule has 0 radical (unpaired) electrons. The van der Waals surface area contributed by atoms with Crippen LogP contribution in [0.4, 0.5) is 11.5 Å². The molecule has 1 aromatic heterocycles. The van der Waals surface area contributed by atoms with E-state index in [9.17, 15) is 0 Å². The summed E-state index contributed by atoms with van der Waals surface area (Å²) in [5, 5.41) is 0.658. The van der Waals surface area contributed by atoms with Crippen LogP contribution in [-0.4, -0.2) is 17.9 Å². The van der Waals surface area contributed by atoms with Crippen molar-refractivity contribution >= 4 is 23.9 Å². The van der Waals surface area contributed by atoms with Crippen molar-refractivity contribution in [2.24, 2.45) is 15.0 Å². The highest BCUT2D eigenvalue weighted by atomic mass is 15.0. The van der Waals surface area contributed by atoms with Gasteiger partial charge in [0.05, 0.1) is 6.54 Å². The largest absolute Gasteiger partial charge is 0.382 e. The van der Waals surface area contributed by atoms with Gasteiger partial charge in [-0.3, -0.25) is 4.99 Å². The monoisotopic (exact) mass is 185 g/mol. The van der Waals surface area contributed by atoms with Crippen LogP contribution in [0.15, 0.2) is 21.1 Å². The van der Waals surface area contributed by atoms with Gasteiger partial charge in [0, 0.05) is 5.56 Å². The molecule has 5 heteroatoms. The molecule has 68 valence electrons. The molecule has 2 N–H and O–H groups in total. The highest BCUT2D eigenvalue weighted by Crippen LogP contribution is 2.16. The van der Waals surface area contributed by atoms with Gasteiger partial charge in [-0.15, -0.1) is 0 Å². The van der Waals surface area contributed by atoms with E-state index >= 15 is 0 Å². The van der Waals surface area contributed by atoms with Crippen molar-refractivity contribution in [2.75, 3.05) is 12.3 Å². The number of nitrogens with two attached hydrogens (primary N) is 1. The number of nitrogens with zero attached hydrogens (tertiary/aromatic N) is 4. The molecule has 5 nitrogen and oxygen atoms in total. The second kappa shape index (κ2) is 2.47. The van der Waals surface area contributed by atoms with Gasteiger partial charge in [-0.05, 0) is 0 Å². The zero-order valence-electron chi connectivity index (χ0n) is 7.31. The fourth-order valence-electron chi connectivity index (χ4n) is 1.57. The number of hydrogen-bond donors (Lipinski definition) is 1. The molecule has 0 atom stereocenters. The van der Waals surface area contributed by atoms with Crippen LogP contribution in [0.25, 0.3) is 6.08 Å². The number of hydrogen-bond acceptors (Lipinski definition) is 5. The minimum atomic E-state index is 0.398. The Morgan fingerprint density at radius 3 is 3.21 bits per heavy atom. The van der Waals surface area contributed by atoms with Crippen LogP contribution in [0.3, 0.4) is 0 Å². The second-order valence-electron chi connectivity index (χ2n) is 3.05. The average molecular weight is 185 g/mol. The van der Waals surface area contributed by atoms with Gasteiger partial charge in [-0.25, -0.2) is 15.0 Å². The van der Waals surface area contributed by atoms with E-state index in [0.717, 1.165) is 11.3 Å². The van der Waals surface area contributed by atoms with Crippen molar-refractivity contribution in [3.05, 3.63) is 22.5 Å². The van der Waals surface area contributed by atoms with Gasteiger partial charge in [0.2, 0.25) is 0 Å². The fraction of sp³-hybridized carbons (Fsp3) is 0.111. The van der Waals surface area contributed by atoms with Crippen molar-refractivity contribution in [1.82, 2.24) is 4.98 Å². The Balaban J connectivity index is 2.53. The fourth-order valence-corrected chi connectivity index (χ4v) is 1.57. The molecule has 0 unspecified atom stereocenters. The van der Waals surface area contributed by atoms with Crippen LogP contribution >= 0.6 is 0 Å². The normalized spacial score (nSPS) is 15.7. The van der Waals surface area contributed by atoms with E-state index in [2.05, 4.69) is 20.0 Å². The molecule has 14 heavy (non-hydrogen) atoms. The van der Waals surface area contributed by atoms with Crippen LogP contribution < -0.4 is 16.6 Å². The third-order valence-corrected chi connectivity index (χ3v) is 2.19. The number of pyridine rings is 1. The maximum absolute atomic E-state index is 5.73. The number of nitrogen functional groups attached to an aromatic ring is 1. The van der Waals surface area contributed by atoms with Gasteiger partial charge < -0.3 is 5.73 Å². The number of rotatable bonds is 0. The third-order valence-electron chi connectivity index (χ3n) is 2.19. The van der Waals surface area contributed by atoms with E-state index in [1.54, 1.807) is 0 Å². The summed E-state index contributed by atoms with van der Waals surface area (Å²) in [5.41, 5.74) is 8.09. The minimum absolute atomic E-state index is 0.398. The molecule has 0 fully saturated rings. The van der Waals surface area contributed by atoms with Crippen molar-refractivity contribution in [2.45, 2.75) is 0 Å². The molecule has 2 aliphatic heterocycles. The highest BCUT2D eigenvalue weighted by molar-refractivity contribution is 5.75. The SMILES string of the molecule is Nc1nc2c(c3c1=NC=N3)C=CCN=2. The number of aliphatic imine (C=N–C) groups is 1. The summed E-state index contributed by atoms with van der Waals surface area (Å²) in [7, 11) is 0. The summed E-state index contributed by atoms with van der Waals surface area (Å²) < 4.78 is 0. The Labute approximate surface area is 79.4 Å². The van der Waals surface area contributed by atoms with Gasteiger partial charge in [0.1, 0.15) is 17.4 Å². The first kappa shape index (κ1) is 7.37. The summed E-state index contributed by atoms with van der Waals surface area (Å²) in [6.45, 7) is 0.652. The van der Waals surface area contributed by atoms with Gasteiger partial charge in [0.15, 0.2) is 11.3 Å². The predicted octanol–water partition coefficient (Wildman–Crippen LogP) is -0.397. The highest BCUT2D eigenvalue weighted by Gasteiger charge is 2.13. The van der Waals surface area contributed by atoms with E-state index in [-0.39, 0.29) is 0 Å². The Kier molecular flexibility index (Phi) is 1.30. The van der Waals surface area contributed by atoms with Crippen molar-refractivity contribution in [3.8, 4) is 0 Å². The lowest BCUT2D eigenvalue weighted by atomic mass is 10.2. The molecule has 2 aliphatic rings. The zero-order valence-corrected chi connectivity index (χ0v) is 7.31. The van der Waals surface area contributed by atoms with E-state index in [1.807, 2.05) is 12.2 Å². The maximum atomic E-state index is 5.73. The molecule has 0 bridgehead atoms. The number of anilines is 1. The zero-order chi connectivity index (χ0) is 9.54. The molecule has 0 aliphatic carbocycles. The molecule has 1 aromatic rings. The molecular weight excluding hydrogens is 178 g/mol. The Morgan fingerprint density at radius 2 is 2.29 bits per heavy atom. The summed E-state index contributed by atoms with van der Waals surface area (Å²) >= 11 is 0. The lowest BCUT2D eigenvalue weighted by Crippen LogP contribution is -2.24. The van der Waals surface area contributed by atoms with E-state index in [4.69, 9.17) is 5.73 Å². The van der Waals surface area contributed by atoms with Gasteiger partial charge in [-0.1, -0.05) is 12.2 Å². The smallest absolute Gasteiger partial charge is 0.159 e. The summed E-state index contributed by atoms with van der Waals surface area (Å²) in [5.74, 6) is 0.398. The molecule has 0 saturated heterocycles. The van der Waals surface area contributed by atoms with Gasteiger partial charge in [0.25, 0.3) is 0 Å². The Morgan fingerprint density at radius 1 is 1.36 bits per heavy atom. The third kappa shape index (κ3) is 0.834. The van der Waals surface area contributed by atoms with Crippen molar-refractivity contribution < 1.29 is 0 Å². The predicted molar refractivity (Wildman–Crippen MR) is 53.0 cm³/mol. The topological polar surface area (TPSA) is 76.0 Å². The summed E-state index contributed by atoms with van der Waals surface area (Å²) in [6, 6.07) is 0. The van der Waals surface area contributed by atoms with Crippen LogP contribution in [0.1, 0.15) is 5.56 Å². The average Bonchev–Trinajstić information content (AvgIpc) is 2.67. The van der Waals surface area contributed by atoms with Crippen molar-refractivity contribution in [3.63, 3.8) is 0 Å². The molecule has 3 rings (SSSR count). The molecule has 0 aromatic carbocycles. The quantitative estimate of drug-likeness (QED) is 0.597. The van der Waals surface area contributed by atoms with Gasteiger partial charge >= 0.3 is 0 Å². The first-order valence-corrected chi connectivity index (χ1v) is 4.27. The molecular formula is C9H7N5. The molecule has 3 heterocycles. The summed E-state index contributed by atoms with van der Waals surface area (Å²) in [4.78, 5) is 16.6. The number of fused-ring (bicyclic) bond motifs is 3. The van der Waals surface area contributed by atoms with Crippen LogP contribution in [-0.2, 0) is 0 Å². The summed E-state index contributed by atoms with van der Waals surface area (Å²) in [6.07, 6.45) is 5.42. The maximum Gasteiger partial charge on any atom is 0.159 e.